The van der Waals surface area contributed by atoms with Crippen LogP contribution in [-0.2, 0) is 13.1 Å². The Kier molecular flexibility index (Phi) is 8.66. The molecule has 2 heterocycles. The van der Waals surface area contributed by atoms with Gasteiger partial charge < -0.3 is 23.9 Å². The molecule has 2 aromatic carbocycles. The third-order valence-corrected chi connectivity index (χ3v) is 6.55. The number of aryl methyl sites for hydroxylation is 2. The molecule has 1 saturated heterocycles. The molecule has 1 N–H and O–H groups in total. The second-order valence-corrected chi connectivity index (χ2v) is 9.44. The molecule has 0 unspecified atom stereocenters. The Labute approximate surface area is 208 Å². The smallest absolute Gasteiger partial charge is 0.161 e. The van der Waals surface area contributed by atoms with Crippen molar-refractivity contribution in [2.75, 3.05) is 33.4 Å². The van der Waals surface area contributed by atoms with Crippen LogP contribution < -0.4 is 14.2 Å². The normalized spacial score (nSPS) is 18.7. The van der Waals surface area contributed by atoms with Crippen molar-refractivity contribution in [3.8, 4) is 17.2 Å². The van der Waals surface area contributed by atoms with E-state index in [-0.39, 0.29) is 0 Å². The van der Waals surface area contributed by atoms with Gasteiger partial charge in [0, 0.05) is 32.0 Å². The highest BCUT2D eigenvalue weighted by molar-refractivity contribution is 5.43. The molecule has 0 radical (unpaired) electrons. The first-order valence-corrected chi connectivity index (χ1v) is 12.4. The van der Waals surface area contributed by atoms with Crippen LogP contribution in [0.15, 0.2) is 61.2 Å². The standard InChI is InChI=1S/C28H37N3O4/c1-23-5-8-25(9-6-23)35-21-28(32)11-3-14-30(16-12-28)20-24-7-10-26(33-2)27(19-24)34-18-4-15-31-17-13-29-22-31/h5-10,13,17,19,22,32H,3-4,11-12,14-16,18,20-21H2,1-2H3/t28-/m1/s1. The fourth-order valence-electron chi connectivity index (χ4n) is 4.43. The van der Waals surface area contributed by atoms with Crippen molar-refractivity contribution in [2.45, 2.75) is 51.3 Å². The van der Waals surface area contributed by atoms with Gasteiger partial charge in [-0.3, -0.25) is 4.90 Å². The maximum absolute atomic E-state index is 11.2. The van der Waals surface area contributed by atoms with E-state index in [1.807, 2.05) is 47.4 Å². The number of ether oxygens (including phenoxy) is 3. The Hall–Kier alpha value is -3.03. The summed E-state index contributed by atoms with van der Waals surface area (Å²) in [6.45, 7) is 6.43. The number of benzene rings is 2. The SMILES string of the molecule is COc1ccc(CN2CCC[C@](O)(COc3ccc(C)cc3)CC2)cc1OCCCn1ccnc1. The lowest BCUT2D eigenvalue weighted by Crippen LogP contribution is -2.37. The molecule has 3 aromatic rings. The van der Waals surface area contributed by atoms with Crippen molar-refractivity contribution in [2.24, 2.45) is 0 Å². The zero-order valence-electron chi connectivity index (χ0n) is 20.9. The lowest BCUT2D eigenvalue weighted by Gasteiger charge is -2.27. The predicted molar refractivity (Wildman–Crippen MR) is 136 cm³/mol. The van der Waals surface area contributed by atoms with Crippen molar-refractivity contribution in [1.82, 2.24) is 14.5 Å². The zero-order valence-corrected chi connectivity index (χ0v) is 20.9. The summed E-state index contributed by atoms with van der Waals surface area (Å²) in [6, 6.07) is 14.1. The zero-order chi connectivity index (χ0) is 24.5. The molecule has 1 aromatic heterocycles. The van der Waals surface area contributed by atoms with Crippen molar-refractivity contribution >= 4 is 0 Å². The topological polar surface area (TPSA) is 69.0 Å². The van der Waals surface area contributed by atoms with Crippen LogP contribution >= 0.6 is 0 Å². The highest BCUT2D eigenvalue weighted by atomic mass is 16.5. The molecule has 0 bridgehead atoms. The molecule has 0 aliphatic carbocycles. The summed E-state index contributed by atoms with van der Waals surface area (Å²) < 4.78 is 19.5. The maximum atomic E-state index is 11.2. The third-order valence-electron chi connectivity index (χ3n) is 6.55. The molecule has 7 nitrogen and oxygen atoms in total. The summed E-state index contributed by atoms with van der Waals surface area (Å²) in [5.74, 6) is 2.32. The van der Waals surface area contributed by atoms with Crippen molar-refractivity contribution < 1.29 is 19.3 Å². The largest absolute Gasteiger partial charge is 0.493 e. The van der Waals surface area contributed by atoms with Crippen LogP contribution in [0.3, 0.4) is 0 Å². The summed E-state index contributed by atoms with van der Waals surface area (Å²) in [4.78, 5) is 6.47. The van der Waals surface area contributed by atoms with Gasteiger partial charge in [0.2, 0.25) is 0 Å². The maximum Gasteiger partial charge on any atom is 0.161 e. The molecular formula is C28H37N3O4. The Morgan fingerprint density at radius 3 is 2.66 bits per heavy atom. The summed E-state index contributed by atoms with van der Waals surface area (Å²) in [7, 11) is 1.67. The van der Waals surface area contributed by atoms with E-state index in [2.05, 4.69) is 28.9 Å². The van der Waals surface area contributed by atoms with Crippen molar-refractivity contribution in [1.29, 1.82) is 0 Å². The van der Waals surface area contributed by atoms with Crippen molar-refractivity contribution in [3.63, 3.8) is 0 Å². The van der Waals surface area contributed by atoms with E-state index >= 15 is 0 Å². The van der Waals surface area contributed by atoms with Gasteiger partial charge >= 0.3 is 0 Å². The number of aromatic nitrogens is 2. The second-order valence-electron chi connectivity index (χ2n) is 9.44. The molecule has 1 aliphatic heterocycles. The summed E-state index contributed by atoms with van der Waals surface area (Å²) >= 11 is 0. The first-order valence-electron chi connectivity index (χ1n) is 12.4. The molecule has 0 saturated carbocycles. The number of methoxy groups -OCH3 is 1. The van der Waals surface area contributed by atoms with E-state index in [4.69, 9.17) is 14.2 Å². The molecule has 1 fully saturated rings. The van der Waals surface area contributed by atoms with Gasteiger partial charge in [-0.15, -0.1) is 0 Å². The fourth-order valence-corrected chi connectivity index (χ4v) is 4.43. The molecule has 1 aliphatic rings. The van der Waals surface area contributed by atoms with Crippen LogP contribution in [0.5, 0.6) is 17.2 Å². The van der Waals surface area contributed by atoms with Gasteiger partial charge in [-0.05, 0) is 69.0 Å². The minimum atomic E-state index is -0.803. The first-order chi connectivity index (χ1) is 17.0. The van der Waals surface area contributed by atoms with Gasteiger partial charge in [0.15, 0.2) is 11.5 Å². The van der Waals surface area contributed by atoms with Gasteiger partial charge in [-0.2, -0.15) is 0 Å². The van der Waals surface area contributed by atoms with Crippen LogP contribution in [0.4, 0.5) is 0 Å². The summed E-state index contributed by atoms with van der Waals surface area (Å²) in [6.07, 6.45) is 8.81. The Morgan fingerprint density at radius 2 is 1.89 bits per heavy atom. The molecule has 35 heavy (non-hydrogen) atoms. The van der Waals surface area contributed by atoms with Crippen LogP contribution in [-0.4, -0.2) is 58.6 Å². The molecular weight excluding hydrogens is 442 g/mol. The lowest BCUT2D eigenvalue weighted by molar-refractivity contribution is -0.0168. The van der Waals surface area contributed by atoms with E-state index < -0.39 is 5.60 Å². The molecule has 7 heteroatoms. The lowest BCUT2D eigenvalue weighted by atomic mass is 9.96. The number of likely N-dealkylation sites (tertiary alicyclic amines) is 1. The number of hydrogen-bond donors (Lipinski definition) is 1. The monoisotopic (exact) mass is 479 g/mol. The minimum Gasteiger partial charge on any atom is -0.493 e. The minimum absolute atomic E-state index is 0.323. The Morgan fingerprint density at radius 1 is 1.03 bits per heavy atom. The van der Waals surface area contributed by atoms with E-state index in [0.717, 1.165) is 62.7 Å². The average molecular weight is 480 g/mol. The Balaban J connectivity index is 1.28. The highest BCUT2D eigenvalue weighted by Crippen LogP contribution is 2.30. The predicted octanol–water partition coefficient (Wildman–Crippen LogP) is 4.47. The van der Waals surface area contributed by atoms with Crippen LogP contribution in [0, 0.1) is 6.92 Å². The van der Waals surface area contributed by atoms with Gasteiger partial charge in [0.25, 0.3) is 0 Å². The summed E-state index contributed by atoms with van der Waals surface area (Å²) in [5.41, 5.74) is 1.57. The molecule has 1 atom stereocenters. The van der Waals surface area contributed by atoms with E-state index in [1.165, 1.54) is 11.1 Å². The number of rotatable bonds is 11. The van der Waals surface area contributed by atoms with Gasteiger partial charge in [0.05, 0.1) is 25.6 Å². The number of aliphatic hydroxyl groups is 1. The number of hydrogen-bond acceptors (Lipinski definition) is 6. The fraction of sp³-hybridized carbons (Fsp3) is 0.464. The number of nitrogens with zero attached hydrogens (tertiary/aromatic N) is 3. The molecule has 0 amide bonds. The molecule has 4 rings (SSSR count). The second kappa shape index (κ2) is 12.1. The van der Waals surface area contributed by atoms with Crippen LogP contribution in [0.2, 0.25) is 0 Å². The van der Waals surface area contributed by atoms with Gasteiger partial charge in [-0.1, -0.05) is 23.8 Å². The number of imidazole rings is 1. The van der Waals surface area contributed by atoms with Gasteiger partial charge in [0.1, 0.15) is 12.4 Å². The summed E-state index contributed by atoms with van der Waals surface area (Å²) in [5, 5.41) is 11.2. The van der Waals surface area contributed by atoms with E-state index in [1.54, 1.807) is 13.3 Å². The first kappa shape index (κ1) is 25.1. The quantitative estimate of drug-likeness (QED) is 0.410. The van der Waals surface area contributed by atoms with Crippen molar-refractivity contribution in [3.05, 3.63) is 72.3 Å². The van der Waals surface area contributed by atoms with Crippen LogP contribution in [0.1, 0.15) is 36.8 Å². The average Bonchev–Trinajstić information content (AvgIpc) is 3.32. The highest BCUT2D eigenvalue weighted by Gasteiger charge is 2.31. The van der Waals surface area contributed by atoms with E-state index in [0.29, 0.717) is 19.6 Å². The molecule has 188 valence electrons. The third kappa shape index (κ3) is 7.47. The Bertz CT molecular complexity index is 1040. The van der Waals surface area contributed by atoms with Gasteiger partial charge in [-0.25, -0.2) is 4.98 Å². The molecule has 0 spiro atoms. The van der Waals surface area contributed by atoms with Crippen LogP contribution in [0.25, 0.3) is 0 Å². The van der Waals surface area contributed by atoms with E-state index in [9.17, 15) is 5.11 Å².